The first-order valence-corrected chi connectivity index (χ1v) is 6.97. The Balaban J connectivity index is 2.20. The van der Waals surface area contributed by atoms with Gasteiger partial charge in [0.25, 0.3) is 0 Å². The molecule has 0 saturated carbocycles. The summed E-state index contributed by atoms with van der Waals surface area (Å²) < 4.78 is 2.33. The van der Waals surface area contributed by atoms with Crippen molar-refractivity contribution in [1.29, 1.82) is 0 Å². The van der Waals surface area contributed by atoms with Crippen LogP contribution in [0.2, 0.25) is 0 Å². The maximum absolute atomic E-state index is 3.69. The predicted octanol–water partition coefficient (Wildman–Crippen LogP) is 3.61. The molecule has 0 radical (unpaired) electrons. The molecule has 2 heterocycles. The summed E-state index contributed by atoms with van der Waals surface area (Å²) in [6, 6.07) is 7.35. The van der Waals surface area contributed by atoms with Gasteiger partial charge in [-0.05, 0) is 50.9 Å². The van der Waals surface area contributed by atoms with Gasteiger partial charge in [-0.1, -0.05) is 18.1 Å². The highest BCUT2D eigenvalue weighted by Crippen LogP contribution is 2.34. The van der Waals surface area contributed by atoms with Crippen LogP contribution in [0, 0.1) is 13.8 Å². The Bertz CT molecular complexity index is 574. The van der Waals surface area contributed by atoms with Crippen molar-refractivity contribution in [2.75, 3.05) is 6.54 Å². The van der Waals surface area contributed by atoms with Crippen molar-refractivity contribution in [2.24, 2.45) is 7.05 Å². The molecule has 1 aromatic heterocycles. The molecule has 3 rings (SSSR count). The van der Waals surface area contributed by atoms with Crippen LogP contribution in [0.5, 0.6) is 0 Å². The Hall–Kier alpha value is -1.28. The van der Waals surface area contributed by atoms with Crippen molar-refractivity contribution >= 4 is 10.9 Å². The molecular formula is C16H22N2. The van der Waals surface area contributed by atoms with Gasteiger partial charge in [-0.2, -0.15) is 0 Å². The molecule has 2 nitrogen and oxygen atoms in total. The van der Waals surface area contributed by atoms with Crippen LogP contribution in [0.3, 0.4) is 0 Å². The standard InChI is InChI=1S/C16H22N2/c1-11-7-8-15-13(10-11)16(12(2)18(15)3)14-6-4-5-9-17-14/h7-8,10,14,17H,4-6,9H2,1-3H3. The molecular weight excluding hydrogens is 220 g/mol. The second kappa shape index (κ2) is 4.43. The van der Waals surface area contributed by atoms with Gasteiger partial charge in [0.1, 0.15) is 0 Å². The zero-order chi connectivity index (χ0) is 12.7. The van der Waals surface area contributed by atoms with E-state index in [1.54, 1.807) is 0 Å². The molecule has 1 fully saturated rings. The van der Waals surface area contributed by atoms with Gasteiger partial charge in [-0.15, -0.1) is 0 Å². The highest BCUT2D eigenvalue weighted by molar-refractivity contribution is 5.86. The lowest BCUT2D eigenvalue weighted by Gasteiger charge is -2.24. The number of hydrogen-bond acceptors (Lipinski definition) is 1. The van der Waals surface area contributed by atoms with Crippen LogP contribution in [0.25, 0.3) is 10.9 Å². The van der Waals surface area contributed by atoms with Crippen molar-refractivity contribution in [1.82, 2.24) is 9.88 Å². The largest absolute Gasteiger partial charge is 0.348 e. The topological polar surface area (TPSA) is 17.0 Å². The van der Waals surface area contributed by atoms with Crippen LogP contribution >= 0.6 is 0 Å². The lowest BCUT2D eigenvalue weighted by molar-refractivity contribution is 0.412. The molecule has 1 N–H and O–H groups in total. The van der Waals surface area contributed by atoms with Crippen molar-refractivity contribution in [3.8, 4) is 0 Å². The second-order valence-electron chi connectivity index (χ2n) is 5.58. The minimum absolute atomic E-state index is 0.546. The smallest absolute Gasteiger partial charge is 0.0483 e. The highest BCUT2D eigenvalue weighted by Gasteiger charge is 2.22. The molecule has 1 aliphatic rings. The van der Waals surface area contributed by atoms with Gasteiger partial charge < -0.3 is 9.88 Å². The number of aromatic nitrogens is 1. The van der Waals surface area contributed by atoms with E-state index >= 15 is 0 Å². The van der Waals surface area contributed by atoms with Gasteiger partial charge in [0.15, 0.2) is 0 Å². The van der Waals surface area contributed by atoms with Gasteiger partial charge in [-0.25, -0.2) is 0 Å². The molecule has 0 amide bonds. The monoisotopic (exact) mass is 242 g/mol. The van der Waals surface area contributed by atoms with Crippen LogP contribution in [-0.2, 0) is 7.05 Å². The Labute approximate surface area is 109 Å². The number of nitrogens with zero attached hydrogens (tertiary/aromatic N) is 1. The Morgan fingerprint density at radius 2 is 2.06 bits per heavy atom. The van der Waals surface area contributed by atoms with Gasteiger partial charge >= 0.3 is 0 Å². The first-order valence-electron chi connectivity index (χ1n) is 6.97. The summed E-state index contributed by atoms with van der Waals surface area (Å²) in [4.78, 5) is 0. The third kappa shape index (κ3) is 1.76. The molecule has 96 valence electrons. The van der Waals surface area contributed by atoms with Gasteiger partial charge in [0, 0.05) is 29.7 Å². The number of hydrogen-bond donors (Lipinski definition) is 1. The summed E-state index contributed by atoms with van der Waals surface area (Å²) in [7, 11) is 2.18. The molecule has 0 spiro atoms. The van der Waals surface area contributed by atoms with E-state index in [1.807, 2.05) is 0 Å². The fraction of sp³-hybridized carbons (Fsp3) is 0.500. The predicted molar refractivity (Wildman–Crippen MR) is 77.0 cm³/mol. The average molecular weight is 242 g/mol. The maximum Gasteiger partial charge on any atom is 0.0483 e. The molecule has 0 aliphatic carbocycles. The zero-order valence-corrected chi connectivity index (χ0v) is 11.6. The summed E-state index contributed by atoms with van der Waals surface area (Å²) in [5.74, 6) is 0. The molecule has 1 unspecified atom stereocenters. The fourth-order valence-electron chi connectivity index (χ4n) is 3.25. The summed E-state index contributed by atoms with van der Waals surface area (Å²) in [6.07, 6.45) is 3.94. The maximum atomic E-state index is 3.69. The average Bonchev–Trinajstić information content (AvgIpc) is 2.63. The van der Waals surface area contributed by atoms with Crippen LogP contribution < -0.4 is 5.32 Å². The van der Waals surface area contributed by atoms with E-state index in [1.165, 1.54) is 47.0 Å². The first kappa shape index (κ1) is 11.8. The number of nitrogens with one attached hydrogen (secondary N) is 1. The van der Waals surface area contributed by atoms with E-state index in [0.29, 0.717) is 6.04 Å². The summed E-state index contributed by atoms with van der Waals surface area (Å²) in [5.41, 5.74) is 5.65. The number of benzene rings is 1. The molecule has 0 bridgehead atoms. The number of piperidine rings is 1. The molecule has 1 saturated heterocycles. The van der Waals surface area contributed by atoms with Crippen molar-refractivity contribution in [3.63, 3.8) is 0 Å². The van der Waals surface area contributed by atoms with E-state index in [4.69, 9.17) is 0 Å². The molecule has 18 heavy (non-hydrogen) atoms. The highest BCUT2D eigenvalue weighted by atomic mass is 15.0. The zero-order valence-electron chi connectivity index (χ0n) is 11.6. The summed E-state index contributed by atoms with van der Waals surface area (Å²) >= 11 is 0. The fourth-order valence-corrected chi connectivity index (χ4v) is 3.25. The molecule has 2 aromatic rings. The van der Waals surface area contributed by atoms with Gasteiger partial charge in [0.05, 0.1) is 0 Å². The van der Waals surface area contributed by atoms with Crippen molar-refractivity contribution < 1.29 is 0 Å². The molecule has 2 heteroatoms. The molecule has 1 aromatic carbocycles. The first-order chi connectivity index (χ1) is 8.68. The number of fused-ring (bicyclic) bond motifs is 1. The van der Waals surface area contributed by atoms with E-state index in [0.717, 1.165) is 6.54 Å². The van der Waals surface area contributed by atoms with Gasteiger partial charge in [0.2, 0.25) is 0 Å². The van der Waals surface area contributed by atoms with E-state index in [2.05, 4.69) is 49.0 Å². The third-order valence-corrected chi connectivity index (χ3v) is 4.36. The van der Waals surface area contributed by atoms with Crippen LogP contribution in [0.1, 0.15) is 42.1 Å². The second-order valence-corrected chi connectivity index (χ2v) is 5.58. The van der Waals surface area contributed by atoms with Crippen molar-refractivity contribution in [3.05, 3.63) is 35.0 Å². The van der Waals surface area contributed by atoms with E-state index < -0.39 is 0 Å². The molecule has 1 aliphatic heterocycles. The lowest BCUT2D eigenvalue weighted by atomic mass is 9.95. The lowest BCUT2D eigenvalue weighted by Crippen LogP contribution is -2.27. The Kier molecular flexibility index (Phi) is 2.90. The third-order valence-electron chi connectivity index (χ3n) is 4.36. The normalized spacial score (nSPS) is 20.5. The van der Waals surface area contributed by atoms with Crippen LogP contribution in [0.4, 0.5) is 0 Å². The van der Waals surface area contributed by atoms with Crippen LogP contribution in [0.15, 0.2) is 18.2 Å². The minimum atomic E-state index is 0.546. The van der Waals surface area contributed by atoms with Crippen LogP contribution in [-0.4, -0.2) is 11.1 Å². The SMILES string of the molecule is Cc1ccc2c(c1)c(C1CCCCN1)c(C)n2C. The van der Waals surface area contributed by atoms with E-state index in [-0.39, 0.29) is 0 Å². The minimum Gasteiger partial charge on any atom is -0.348 e. The van der Waals surface area contributed by atoms with E-state index in [9.17, 15) is 0 Å². The Morgan fingerprint density at radius 3 is 2.78 bits per heavy atom. The number of aryl methyl sites for hydroxylation is 2. The summed E-state index contributed by atoms with van der Waals surface area (Å²) in [5, 5.41) is 5.13. The number of rotatable bonds is 1. The summed E-state index contributed by atoms with van der Waals surface area (Å²) in [6.45, 7) is 5.59. The molecule has 1 atom stereocenters. The quantitative estimate of drug-likeness (QED) is 0.808. The Morgan fingerprint density at radius 1 is 1.22 bits per heavy atom. The van der Waals surface area contributed by atoms with Crippen molar-refractivity contribution in [2.45, 2.75) is 39.2 Å². The van der Waals surface area contributed by atoms with Gasteiger partial charge in [-0.3, -0.25) is 0 Å².